The molecule has 0 bridgehead atoms. The van der Waals surface area contributed by atoms with E-state index in [9.17, 15) is 18.9 Å². The van der Waals surface area contributed by atoms with Crippen molar-refractivity contribution in [3.05, 3.63) is 0 Å². The van der Waals surface area contributed by atoms with E-state index in [1.165, 1.54) is 12.5 Å². The topological polar surface area (TPSA) is 96.0 Å². The van der Waals surface area contributed by atoms with E-state index in [4.69, 9.17) is 14.2 Å². The fourth-order valence-electron chi connectivity index (χ4n) is 1.45. The molecule has 0 spiro atoms. The zero-order valence-electron chi connectivity index (χ0n) is 13.6. The number of rotatable bonds is 12. The average molecular weight is 386 g/mol. The van der Waals surface area contributed by atoms with Gasteiger partial charge in [-0.1, -0.05) is 23.5 Å². The molecule has 0 unspecified atom stereocenters. The minimum atomic E-state index is -3.71. The van der Waals surface area contributed by atoms with Crippen molar-refractivity contribution >= 4 is 46.3 Å². The lowest BCUT2D eigenvalue weighted by molar-refractivity contribution is -0.144. The molecule has 0 N–H and O–H groups in total. The minimum Gasteiger partial charge on any atom is -0.463 e. The normalized spacial score (nSPS) is 11.3. The Morgan fingerprint density at radius 1 is 0.913 bits per heavy atom. The average Bonchev–Trinajstić information content (AvgIpc) is 2.57. The van der Waals surface area contributed by atoms with Gasteiger partial charge in [-0.3, -0.25) is 14.4 Å². The van der Waals surface area contributed by atoms with Gasteiger partial charge in [0.2, 0.25) is 7.14 Å². The van der Waals surface area contributed by atoms with E-state index in [-0.39, 0.29) is 25.8 Å². The molecule has 0 aromatic carbocycles. The molecule has 0 saturated heterocycles. The van der Waals surface area contributed by atoms with Gasteiger partial charge in [-0.05, 0) is 19.4 Å². The van der Waals surface area contributed by atoms with Crippen LogP contribution in [0.2, 0.25) is 0 Å². The molecule has 0 aromatic heterocycles. The molecule has 0 rings (SSSR count). The minimum absolute atomic E-state index is 0.0577. The van der Waals surface area contributed by atoms with Gasteiger partial charge in [0, 0.05) is 12.8 Å². The van der Waals surface area contributed by atoms with Crippen LogP contribution in [0.3, 0.4) is 0 Å². The maximum Gasteiger partial charge on any atom is 0.306 e. The summed E-state index contributed by atoms with van der Waals surface area (Å²) in [6.45, 7) is 3.66. The lowest BCUT2D eigenvalue weighted by Gasteiger charge is -2.12. The Labute approximate surface area is 144 Å². The van der Waals surface area contributed by atoms with Gasteiger partial charge in [0.15, 0.2) is 0 Å². The van der Waals surface area contributed by atoms with Crippen molar-refractivity contribution in [2.24, 2.45) is 0 Å². The predicted molar refractivity (Wildman–Crippen MR) is 93.2 cm³/mol. The number of esters is 1. The number of hydrogen-bond acceptors (Lipinski definition) is 9. The van der Waals surface area contributed by atoms with E-state index in [0.29, 0.717) is 19.8 Å². The van der Waals surface area contributed by atoms with Crippen LogP contribution in [0, 0.1) is 0 Å². The number of ether oxygens (including phenoxy) is 3. The van der Waals surface area contributed by atoms with Crippen molar-refractivity contribution in [3.8, 4) is 0 Å². The molecule has 0 fully saturated rings. The monoisotopic (exact) mass is 386 g/mol. The van der Waals surface area contributed by atoms with Crippen LogP contribution in [0.1, 0.15) is 13.3 Å². The molecule has 134 valence electrons. The van der Waals surface area contributed by atoms with Crippen LogP contribution >= 0.6 is 30.7 Å². The van der Waals surface area contributed by atoms with Gasteiger partial charge < -0.3 is 18.8 Å². The van der Waals surface area contributed by atoms with E-state index in [1.54, 1.807) is 0 Å². The quantitative estimate of drug-likeness (QED) is 0.284. The van der Waals surface area contributed by atoms with E-state index in [2.05, 4.69) is 0 Å². The summed E-state index contributed by atoms with van der Waals surface area (Å²) in [6, 6.07) is 0. The highest BCUT2D eigenvalue weighted by Crippen LogP contribution is 2.55. The van der Waals surface area contributed by atoms with Crippen molar-refractivity contribution in [1.29, 1.82) is 0 Å². The van der Waals surface area contributed by atoms with Crippen molar-refractivity contribution in [3.63, 3.8) is 0 Å². The van der Waals surface area contributed by atoms with Gasteiger partial charge >= 0.3 is 5.97 Å². The van der Waals surface area contributed by atoms with E-state index >= 15 is 0 Å². The molecule has 0 atom stereocenters. The molecule has 7 nitrogen and oxygen atoms in total. The Hall–Kier alpha value is -0.340. The van der Waals surface area contributed by atoms with Crippen LogP contribution in [-0.2, 0) is 23.6 Å². The molecule has 0 heterocycles. The second-order valence-corrected chi connectivity index (χ2v) is 9.09. The largest absolute Gasteiger partial charge is 0.463 e. The zero-order valence-corrected chi connectivity index (χ0v) is 16.1. The van der Waals surface area contributed by atoms with Gasteiger partial charge in [-0.25, -0.2) is 0 Å². The fourth-order valence-corrected chi connectivity index (χ4v) is 6.04. The molecule has 0 aliphatic rings. The highest BCUT2D eigenvalue weighted by molar-refractivity contribution is 8.38. The molecule has 0 amide bonds. The Kier molecular flexibility index (Phi) is 12.8. The smallest absolute Gasteiger partial charge is 0.306 e. The fraction of sp³-hybridized carbons (Fsp3) is 0.769. The predicted octanol–water partition coefficient (Wildman–Crippen LogP) is 3.30. The first kappa shape index (κ1) is 22.7. The van der Waals surface area contributed by atoms with E-state index in [1.807, 2.05) is 6.92 Å². The Balaban J connectivity index is 4.12. The lowest BCUT2D eigenvalue weighted by atomic mass is 10.5. The lowest BCUT2D eigenvalue weighted by Crippen LogP contribution is -2.15. The van der Waals surface area contributed by atoms with E-state index < -0.39 is 22.8 Å². The first-order chi connectivity index (χ1) is 10.9. The highest BCUT2D eigenvalue weighted by Gasteiger charge is 2.39. The molecule has 23 heavy (non-hydrogen) atoms. The molecule has 0 saturated carbocycles. The number of carbonyl (C=O) groups excluding carboxylic acids is 3. The summed E-state index contributed by atoms with van der Waals surface area (Å²) in [7, 11) is -3.71. The standard InChI is InChI=1S/C13H23O7PS2/c1-4-18-6-7-19-8-9-20-11(14)5-10-21(17,12(15)22-2)13(16)23-3/h4-10H2,1-3H3. The van der Waals surface area contributed by atoms with E-state index in [0.717, 1.165) is 23.5 Å². The Bertz CT molecular complexity index is 422. The highest BCUT2D eigenvalue weighted by atomic mass is 32.2. The molecular formula is C13H23O7PS2. The van der Waals surface area contributed by atoms with Crippen LogP contribution < -0.4 is 0 Å². The first-order valence-electron chi connectivity index (χ1n) is 6.99. The third-order valence-electron chi connectivity index (χ3n) is 2.64. The van der Waals surface area contributed by atoms with Crippen LogP contribution in [0.4, 0.5) is 9.59 Å². The third kappa shape index (κ3) is 8.91. The summed E-state index contributed by atoms with van der Waals surface area (Å²) in [5.74, 6) is -0.610. The summed E-state index contributed by atoms with van der Waals surface area (Å²) < 4.78 is 27.6. The van der Waals surface area contributed by atoms with Crippen LogP contribution in [0.15, 0.2) is 0 Å². The molecular weight excluding hydrogens is 363 g/mol. The molecule has 0 radical (unpaired) electrons. The number of thioether (sulfide) groups is 2. The second-order valence-electron chi connectivity index (χ2n) is 4.18. The van der Waals surface area contributed by atoms with Gasteiger partial charge in [-0.2, -0.15) is 0 Å². The molecule has 0 aliphatic carbocycles. The summed E-state index contributed by atoms with van der Waals surface area (Å²) in [5, 5.41) is 0. The van der Waals surface area contributed by atoms with Gasteiger partial charge in [0.1, 0.15) is 6.61 Å². The summed E-state index contributed by atoms with van der Waals surface area (Å²) in [6.07, 6.45) is 2.38. The second kappa shape index (κ2) is 13.0. The maximum atomic E-state index is 12.5. The third-order valence-corrected chi connectivity index (χ3v) is 8.23. The van der Waals surface area contributed by atoms with Crippen LogP contribution in [-0.4, -0.2) is 67.4 Å². The van der Waals surface area contributed by atoms with Gasteiger partial charge in [-0.15, -0.1) is 0 Å². The van der Waals surface area contributed by atoms with Gasteiger partial charge in [0.25, 0.3) is 9.71 Å². The SMILES string of the molecule is CCOCCOCCOC(=O)CCP(=O)(C(=O)SC)C(=O)SC. The Morgan fingerprint density at radius 2 is 1.43 bits per heavy atom. The van der Waals surface area contributed by atoms with Crippen molar-refractivity contribution in [2.45, 2.75) is 13.3 Å². The molecule has 0 aromatic rings. The first-order valence-corrected chi connectivity index (χ1v) is 11.3. The number of hydrogen-bond donors (Lipinski definition) is 0. The Morgan fingerprint density at radius 3 is 1.96 bits per heavy atom. The summed E-state index contributed by atoms with van der Waals surface area (Å²) in [5.41, 5.74) is 0. The van der Waals surface area contributed by atoms with Crippen molar-refractivity contribution in [2.75, 3.05) is 51.7 Å². The van der Waals surface area contributed by atoms with Gasteiger partial charge in [0.05, 0.1) is 26.2 Å². The van der Waals surface area contributed by atoms with Crippen LogP contribution in [0.25, 0.3) is 0 Å². The zero-order chi connectivity index (χ0) is 17.7. The van der Waals surface area contributed by atoms with Crippen molar-refractivity contribution in [1.82, 2.24) is 0 Å². The molecule has 0 aliphatic heterocycles. The number of carbonyl (C=O) groups is 3. The summed E-state index contributed by atoms with van der Waals surface area (Å²) >= 11 is 1.48. The summed E-state index contributed by atoms with van der Waals surface area (Å²) in [4.78, 5) is 33.7. The van der Waals surface area contributed by atoms with Crippen molar-refractivity contribution < 1.29 is 33.2 Å². The van der Waals surface area contributed by atoms with Crippen LogP contribution in [0.5, 0.6) is 0 Å². The maximum absolute atomic E-state index is 12.5. The molecule has 10 heteroatoms.